The van der Waals surface area contributed by atoms with Crippen LogP contribution in [0.4, 0.5) is 0 Å². The largest absolute Gasteiger partial charge is 0.316 e. The number of nitrogens with zero attached hydrogens (tertiary/aromatic N) is 1. The maximum atomic E-state index is 3.47. The van der Waals surface area contributed by atoms with Gasteiger partial charge in [-0.3, -0.25) is 0 Å². The number of thioether (sulfide) groups is 1. The summed E-state index contributed by atoms with van der Waals surface area (Å²) >= 11 is 2.15. The van der Waals surface area contributed by atoms with E-state index in [2.05, 4.69) is 35.8 Å². The Bertz CT molecular complexity index is 131. The molecule has 0 saturated carbocycles. The average molecular weight is 216 g/mol. The Kier molecular flexibility index (Phi) is 6.65. The van der Waals surface area contributed by atoms with Crippen LogP contribution in [-0.4, -0.2) is 48.6 Å². The Morgan fingerprint density at radius 1 is 1.36 bits per heavy atom. The van der Waals surface area contributed by atoms with Crippen molar-refractivity contribution in [1.82, 2.24) is 10.2 Å². The highest BCUT2D eigenvalue weighted by Gasteiger charge is 2.12. The number of piperidine rings is 1. The van der Waals surface area contributed by atoms with Crippen molar-refractivity contribution in [3.63, 3.8) is 0 Å². The Morgan fingerprint density at radius 2 is 2.14 bits per heavy atom. The van der Waals surface area contributed by atoms with Gasteiger partial charge < -0.3 is 10.2 Å². The third kappa shape index (κ3) is 4.67. The maximum Gasteiger partial charge on any atom is 0.0173 e. The highest BCUT2D eigenvalue weighted by molar-refractivity contribution is 7.99. The van der Waals surface area contributed by atoms with Crippen molar-refractivity contribution in [2.24, 2.45) is 0 Å². The zero-order valence-electron chi connectivity index (χ0n) is 9.59. The molecule has 3 heteroatoms. The van der Waals surface area contributed by atoms with Crippen LogP contribution in [0, 0.1) is 0 Å². The molecule has 14 heavy (non-hydrogen) atoms. The van der Waals surface area contributed by atoms with Crippen LogP contribution in [0.15, 0.2) is 0 Å². The first kappa shape index (κ1) is 12.3. The molecular weight excluding hydrogens is 192 g/mol. The zero-order chi connectivity index (χ0) is 10.2. The number of rotatable bonds is 6. The van der Waals surface area contributed by atoms with Crippen LogP contribution in [-0.2, 0) is 0 Å². The molecule has 2 nitrogen and oxygen atoms in total. The Balaban J connectivity index is 2.01. The van der Waals surface area contributed by atoms with Gasteiger partial charge in [-0.25, -0.2) is 0 Å². The summed E-state index contributed by atoms with van der Waals surface area (Å²) in [4.78, 5) is 2.50. The Morgan fingerprint density at radius 3 is 2.71 bits per heavy atom. The molecule has 0 aromatic carbocycles. The molecule has 1 aliphatic heterocycles. The minimum Gasteiger partial charge on any atom is -0.316 e. The van der Waals surface area contributed by atoms with Crippen molar-refractivity contribution in [3.05, 3.63) is 0 Å². The highest BCUT2D eigenvalue weighted by Crippen LogP contribution is 2.18. The van der Waals surface area contributed by atoms with Gasteiger partial charge in [-0.05, 0) is 32.5 Å². The molecule has 1 aliphatic rings. The molecule has 1 rings (SSSR count). The summed E-state index contributed by atoms with van der Waals surface area (Å²) in [5.41, 5.74) is 0. The van der Waals surface area contributed by atoms with E-state index in [9.17, 15) is 0 Å². The fraction of sp³-hybridized carbons (Fsp3) is 1.00. The van der Waals surface area contributed by atoms with Crippen molar-refractivity contribution < 1.29 is 0 Å². The molecule has 1 atom stereocenters. The highest BCUT2D eigenvalue weighted by atomic mass is 32.2. The van der Waals surface area contributed by atoms with E-state index in [0.29, 0.717) is 0 Å². The van der Waals surface area contributed by atoms with Crippen LogP contribution in [0.1, 0.15) is 26.7 Å². The third-order valence-corrected chi connectivity index (χ3v) is 4.20. The van der Waals surface area contributed by atoms with Crippen LogP contribution < -0.4 is 5.32 Å². The van der Waals surface area contributed by atoms with Crippen LogP contribution in [0.2, 0.25) is 0 Å². The first-order valence-electron chi connectivity index (χ1n) is 5.91. The van der Waals surface area contributed by atoms with Gasteiger partial charge in [0.05, 0.1) is 0 Å². The standard InChI is InChI=1S/C11H24N2S/c1-3-13(4-2)8-9-14-11-6-5-7-12-10-11/h11-12H,3-10H2,1-2H3. The lowest BCUT2D eigenvalue weighted by molar-refractivity contribution is 0.323. The third-order valence-electron chi connectivity index (χ3n) is 2.91. The van der Waals surface area contributed by atoms with Gasteiger partial charge in [-0.15, -0.1) is 0 Å². The topological polar surface area (TPSA) is 15.3 Å². The molecule has 0 amide bonds. The second-order valence-electron chi connectivity index (χ2n) is 3.87. The van der Waals surface area contributed by atoms with Crippen LogP contribution in [0.25, 0.3) is 0 Å². The lowest BCUT2D eigenvalue weighted by Gasteiger charge is -2.24. The minimum absolute atomic E-state index is 0.874. The van der Waals surface area contributed by atoms with Gasteiger partial charge in [-0.2, -0.15) is 11.8 Å². The van der Waals surface area contributed by atoms with E-state index in [0.717, 1.165) is 5.25 Å². The molecule has 1 saturated heterocycles. The molecule has 84 valence electrons. The van der Waals surface area contributed by atoms with Gasteiger partial charge in [0.25, 0.3) is 0 Å². The summed E-state index contributed by atoms with van der Waals surface area (Å²) in [5.74, 6) is 1.30. The van der Waals surface area contributed by atoms with E-state index in [1.165, 1.54) is 51.3 Å². The van der Waals surface area contributed by atoms with Crippen molar-refractivity contribution in [3.8, 4) is 0 Å². The fourth-order valence-electron chi connectivity index (χ4n) is 1.85. The smallest absolute Gasteiger partial charge is 0.0173 e. The zero-order valence-corrected chi connectivity index (χ0v) is 10.4. The second kappa shape index (κ2) is 7.55. The quantitative estimate of drug-likeness (QED) is 0.729. The van der Waals surface area contributed by atoms with Gasteiger partial charge in [0.2, 0.25) is 0 Å². The van der Waals surface area contributed by atoms with Crippen LogP contribution in [0.3, 0.4) is 0 Å². The molecule has 1 fully saturated rings. The molecule has 0 aromatic heterocycles. The summed E-state index contributed by atoms with van der Waals surface area (Å²) in [7, 11) is 0. The first-order chi connectivity index (χ1) is 6.86. The maximum absolute atomic E-state index is 3.47. The van der Waals surface area contributed by atoms with Gasteiger partial charge in [0.1, 0.15) is 0 Å². The predicted octanol–water partition coefficient (Wildman–Crippen LogP) is 1.81. The van der Waals surface area contributed by atoms with Crippen molar-refractivity contribution in [1.29, 1.82) is 0 Å². The lowest BCUT2D eigenvalue weighted by Crippen LogP contribution is -2.33. The van der Waals surface area contributed by atoms with E-state index in [1.54, 1.807) is 0 Å². The number of nitrogens with one attached hydrogen (secondary N) is 1. The lowest BCUT2D eigenvalue weighted by atomic mass is 10.2. The number of hydrogen-bond donors (Lipinski definition) is 1. The van der Waals surface area contributed by atoms with Crippen LogP contribution in [0.5, 0.6) is 0 Å². The molecule has 0 radical (unpaired) electrons. The van der Waals surface area contributed by atoms with Gasteiger partial charge in [0, 0.05) is 24.1 Å². The van der Waals surface area contributed by atoms with E-state index in [1.807, 2.05) is 0 Å². The Labute approximate surface area is 92.8 Å². The summed E-state index contributed by atoms with van der Waals surface area (Å²) in [6.45, 7) is 10.6. The molecule has 0 aliphatic carbocycles. The summed E-state index contributed by atoms with van der Waals surface area (Å²) < 4.78 is 0. The molecule has 0 bridgehead atoms. The van der Waals surface area contributed by atoms with Crippen LogP contribution >= 0.6 is 11.8 Å². The molecule has 1 unspecified atom stereocenters. The van der Waals surface area contributed by atoms with E-state index < -0.39 is 0 Å². The molecule has 0 spiro atoms. The van der Waals surface area contributed by atoms with Gasteiger partial charge in [0.15, 0.2) is 0 Å². The van der Waals surface area contributed by atoms with Gasteiger partial charge >= 0.3 is 0 Å². The minimum atomic E-state index is 0.874. The predicted molar refractivity (Wildman–Crippen MR) is 66.1 cm³/mol. The van der Waals surface area contributed by atoms with Crippen molar-refractivity contribution in [2.45, 2.75) is 31.9 Å². The second-order valence-corrected chi connectivity index (χ2v) is 5.27. The van der Waals surface area contributed by atoms with E-state index in [4.69, 9.17) is 0 Å². The molecule has 1 N–H and O–H groups in total. The Hall–Kier alpha value is 0.270. The fourth-order valence-corrected chi connectivity index (χ4v) is 3.12. The van der Waals surface area contributed by atoms with Gasteiger partial charge in [-0.1, -0.05) is 13.8 Å². The average Bonchev–Trinajstić information content (AvgIpc) is 2.26. The molecular formula is C11H24N2S. The van der Waals surface area contributed by atoms with Crippen molar-refractivity contribution >= 4 is 11.8 Å². The van der Waals surface area contributed by atoms with E-state index in [-0.39, 0.29) is 0 Å². The molecule has 1 heterocycles. The normalized spacial score (nSPS) is 22.9. The SMILES string of the molecule is CCN(CC)CCSC1CCCNC1. The van der Waals surface area contributed by atoms with Crippen molar-refractivity contribution in [2.75, 3.05) is 38.5 Å². The summed E-state index contributed by atoms with van der Waals surface area (Å²) in [6.07, 6.45) is 2.78. The summed E-state index contributed by atoms with van der Waals surface area (Å²) in [6, 6.07) is 0. The summed E-state index contributed by atoms with van der Waals surface area (Å²) in [5, 5.41) is 4.34. The first-order valence-corrected chi connectivity index (χ1v) is 6.96. The molecule has 0 aromatic rings. The number of hydrogen-bond acceptors (Lipinski definition) is 3. The van der Waals surface area contributed by atoms with E-state index >= 15 is 0 Å². The monoisotopic (exact) mass is 216 g/mol.